The SMILES string of the molecule is CCCC(C)CC(CNC(C)=O)CC(=O)O. The summed E-state index contributed by atoms with van der Waals surface area (Å²) >= 11 is 0. The lowest BCUT2D eigenvalue weighted by atomic mass is 9.90. The molecule has 0 aliphatic rings. The molecule has 94 valence electrons. The quantitative estimate of drug-likeness (QED) is 0.669. The van der Waals surface area contributed by atoms with Crippen molar-refractivity contribution in [2.75, 3.05) is 6.54 Å². The topological polar surface area (TPSA) is 66.4 Å². The van der Waals surface area contributed by atoms with E-state index < -0.39 is 5.97 Å². The first-order valence-corrected chi connectivity index (χ1v) is 5.91. The van der Waals surface area contributed by atoms with Gasteiger partial charge >= 0.3 is 5.97 Å². The summed E-state index contributed by atoms with van der Waals surface area (Å²) in [4.78, 5) is 21.5. The van der Waals surface area contributed by atoms with E-state index in [2.05, 4.69) is 19.2 Å². The van der Waals surface area contributed by atoms with Crippen molar-refractivity contribution < 1.29 is 14.7 Å². The largest absolute Gasteiger partial charge is 0.481 e. The van der Waals surface area contributed by atoms with E-state index in [1.54, 1.807) is 0 Å². The standard InChI is InChI=1S/C12H23NO3/c1-4-5-9(2)6-11(7-12(15)16)8-13-10(3)14/h9,11H,4-8H2,1-3H3,(H,13,14)(H,15,16). The summed E-state index contributed by atoms with van der Waals surface area (Å²) in [6.45, 7) is 6.17. The molecule has 0 heterocycles. The van der Waals surface area contributed by atoms with Crippen LogP contribution in [0.25, 0.3) is 0 Å². The van der Waals surface area contributed by atoms with Crippen LogP contribution in [0.1, 0.15) is 46.5 Å². The summed E-state index contributed by atoms with van der Waals surface area (Å²) in [5, 5.41) is 11.5. The highest BCUT2D eigenvalue weighted by atomic mass is 16.4. The molecule has 0 aliphatic heterocycles. The van der Waals surface area contributed by atoms with Gasteiger partial charge in [-0.05, 0) is 18.3 Å². The molecule has 4 heteroatoms. The Labute approximate surface area is 97.4 Å². The van der Waals surface area contributed by atoms with Crippen molar-refractivity contribution in [3.05, 3.63) is 0 Å². The van der Waals surface area contributed by atoms with Crippen LogP contribution in [0.4, 0.5) is 0 Å². The maximum Gasteiger partial charge on any atom is 0.303 e. The number of carboxylic acids is 1. The average molecular weight is 229 g/mol. The molecule has 0 saturated heterocycles. The van der Waals surface area contributed by atoms with Crippen LogP contribution in [0.2, 0.25) is 0 Å². The fraction of sp³-hybridized carbons (Fsp3) is 0.833. The zero-order valence-electron chi connectivity index (χ0n) is 10.5. The molecule has 0 bridgehead atoms. The van der Waals surface area contributed by atoms with Gasteiger partial charge in [0.15, 0.2) is 0 Å². The van der Waals surface area contributed by atoms with Gasteiger partial charge in [-0.15, -0.1) is 0 Å². The van der Waals surface area contributed by atoms with Crippen LogP contribution in [0.5, 0.6) is 0 Å². The van der Waals surface area contributed by atoms with Gasteiger partial charge in [0, 0.05) is 19.9 Å². The molecular weight excluding hydrogens is 206 g/mol. The number of aliphatic carboxylic acids is 1. The third-order valence-corrected chi connectivity index (χ3v) is 2.62. The number of rotatable bonds is 8. The Morgan fingerprint density at radius 2 is 2.00 bits per heavy atom. The number of carboxylic acid groups (broad SMARTS) is 1. The van der Waals surface area contributed by atoms with Crippen LogP contribution in [0, 0.1) is 11.8 Å². The minimum Gasteiger partial charge on any atom is -0.481 e. The van der Waals surface area contributed by atoms with E-state index in [4.69, 9.17) is 5.11 Å². The minimum atomic E-state index is -0.793. The summed E-state index contributed by atoms with van der Waals surface area (Å²) in [6, 6.07) is 0. The maximum absolute atomic E-state index is 10.8. The summed E-state index contributed by atoms with van der Waals surface area (Å²) in [7, 11) is 0. The van der Waals surface area contributed by atoms with Crippen LogP contribution in [0.3, 0.4) is 0 Å². The number of nitrogens with one attached hydrogen (secondary N) is 1. The molecule has 0 aliphatic carbocycles. The Morgan fingerprint density at radius 1 is 1.38 bits per heavy atom. The predicted molar refractivity (Wildman–Crippen MR) is 63.1 cm³/mol. The molecule has 0 fully saturated rings. The predicted octanol–water partition coefficient (Wildman–Crippen LogP) is 2.04. The van der Waals surface area contributed by atoms with Crippen molar-refractivity contribution in [3.63, 3.8) is 0 Å². The highest BCUT2D eigenvalue weighted by Gasteiger charge is 2.16. The van der Waals surface area contributed by atoms with Crippen molar-refractivity contribution in [1.29, 1.82) is 0 Å². The van der Waals surface area contributed by atoms with Gasteiger partial charge in [-0.25, -0.2) is 0 Å². The van der Waals surface area contributed by atoms with E-state index in [9.17, 15) is 9.59 Å². The smallest absolute Gasteiger partial charge is 0.303 e. The molecule has 0 rings (SSSR count). The second kappa shape index (κ2) is 8.13. The van der Waals surface area contributed by atoms with Crippen molar-refractivity contribution in [2.45, 2.75) is 46.5 Å². The normalized spacial score (nSPS) is 14.2. The first-order valence-electron chi connectivity index (χ1n) is 5.91. The fourth-order valence-corrected chi connectivity index (χ4v) is 1.95. The highest BCUT2D eigenvalue weighted by molar-refractivity contribution is 5.73. The lowest BCUT2D eigenvalue weighted by molar-refractivity contribution is -0.138. The molecule has 2 atom stereocenters. The van der Waals surface area contributed by atoms with Crippen LogP contribution < -0.4 is 5.32 Å². The van der Waals surface area contributed by atoms with Crippen LogP contribution in [-0.2, 0) is 9.59 Å². The Balaban J connectivity index is 4.08. The molecule has 2 unspecified atom stereocenters. The zero-order valence-corrected chi connectivity index (χ0v) is 10.5. The molecule has 0 aromatic carbocycles. The number of carbonyl (C=O) groups excluding carboxylic acids is 1. The first-order chi connectivity index (χ1) is 7.45. The summed E-state index contributed by atoms with van der Waals surface area (Å²) in [5.41, 5.74) is 0. The fourth-order valence-electron chi connectivity index (χ4n) is 1.95. The Kier molecular flexibility index (Phi) is 7.60. The molecule has 2 N–H and O–H groups in total. The molecule has 0 aromatic rings. The van der Waals surface area contributed by atoms with Crippen molar-refractivity contribution in [1.82, 2.24) is 5.32 Å². The van der Waals surface area contributed by atoms with Gasteiger partial charge in [0.25, 0.3) is 0 Å². The van der Waals surface area contributed by atoms with E-state index in [1.807, 2.05) is 0 Å². The molecule has 1 amide bonds. The number of amides is 1. The van der Waals surface area contributed by atoms with Gasteiger partial charge in [-0.1, -0.05) is 26.7 Å². The highest BCUT2D eigenvalue weighted by Crippen LogP contribution is 2.19. The Morgan fingerprint density at radius 3 is 2.44 bits per heavy atom. The van der Waals surface area contributed by atoms with Crippen molar-refractivity contribution in [3.8, 4) is 0 Å². The van der Waals surface area contributed by atoms with E-state index in [-0.39, 0.29) is 18.2 Å². The van der Waals surface area contributed by atoms with Gasteiger partial charge < -0.3 is 10.4 Å². The van der Waals surface area contributed by atoms with Gasteiger partial charge in [-0.2, -0.15) is 0 Å². The number of carbonyl (C=O) groups is 2. The van der Waals surface area contributed by atoms with Gasteiger partial charge in [0.2, 0.25) is 5.91 Å². The van der Waals surface area contributed by atoms with Gasteiger partial charge in [0.05, 0.1) is 0 Å². The molecule has 0 aromatic heterocycles. The molecule has 4 nitrogen and oxygen atoms in total. The van der Waals surface area contributed by atoms with Gasteiger partial charge in [-0.3, -0.25) is 9.59 Å². The maximum atomic E-state index is 10.8. The molecule has 16 heavy (non-hydrogen) atoms. The molecule has 0 saturated carbocycles. The third kappa shape index (κ3) is 8.26. The lowest BCUT2D eigenvalue weighted by Gasteiger charge is -2.19. The monoisotopic (exact) mass is 229 g/mol. The third-order valence-electron chi connectivity index (χ3n) is 2.62. The lowest BCUT2D eigenvalue weighted by Crippen LogP contribution is -2.29. The first kappa shape index (κ1) is 14.9. The summed E-state index contributed by atoms with van der Waals surface area (Å²) in [5.74, 6) is -0.330. The molecule has 0 radical (unpaired) electrons. The minimum absolute atomic E-state index is 0.0444. The van der Waals surface area contributed by atoms with E-state index >= 15 is 0 Å². The summed E-state index contributed by atoms with van der Waals surface area (Å²) in [6.07, 6.45) is 3.21. The molecular formula is C12H23NO3. The van der Waals surface area contributed by atoms with Crippen LogP contribution in [0.15, 0.2) is 0 Å². The van der Waals surface area contributed by atoms with Crippen LogP contribution >= 0.6 is 0 Å². The Hall–Kier alpha value is -1.06. The summed E-state index contributed by atoms with van der Waals surface area (Å²) < 4.78 is 0. The van der Waals surface area contributed by atoms with Crippen molar-refractivity contribution in [2.24, 2.45) is 11.8 Å². The zero-order chi connectivity index (χ0) is 12.6. The van der Waals surface area contributed by atoms with E-state index in [0.717, 1.165) is 19.3 Å². The van der Waals surface area contributed by atoms with Crippen molar-refractivity contribution >= 4 is 11.9 Å². The Bertz CT molecular complexity index is 228. The van der Waals surface area contributed by atoms with E-state index in [0.29, 0.717) is 12.5 Å². The van der Waals surface area contributed by atoms with E-state index in [1.165, 1.54) is 6.92 Å². The second-order valence-electron chi connectivity index (χ2n) is 4.53. The number of hydrogen-bond donors (Lipinski definition) is 2. The number of hydrogen-bond acceptors (Lipinski definition) is 2. The molecule has 0 spiro atoms. The average Bonchev–Trinajstić information content (AvgIpc) is 2.13. The van der Waals surface area contributed by atoms with Gasteiger partial charge in [0.1, 0.15) is 0 Å². The second-order valence-corrected chi connectivity index (χ2v) is 4.53. The van der Waals surface area contributed by atoms with Crippen LogP contribution in [-0.4, -0.2) is 23.5 Å².